The van der Waals surface area contributed by atoms with Gasteiger partial charge in [0.25, 0.3) is 0 Å². The lowest BCUT2D eigenvalue weighted by atomic mass is 9.75. The van der Waals surface area contributed by atoms with E-state index in [1.165, 1.54) is 6.07 Å². The predicted molar refractivity (Wildman–Crippen MR) is 79.2 cm³/mol. The molecule has 2 aromatic carbocycles. The van der Waals surface area contributed by atoms with Gasteiger partial charge >= 0.3 is 0 Å². The molecule has 0 saturated carbocycles. The lowest BCUT2D eigenvalue weighted by Crippen LogP contribution is -2.30. The van der Waals surface area contributed by atoms with E-state index < -0.39 is 11.6 Å². The van der Waals surface area contributed by atoms with Crippen LogP contribution in [0.5, 0.6) is 0 Å². The van der Waals surface area contributed by atoms with Crippen molar-refractivity contribution in [2.75, 3.05) is 5.88 Å². The number of halogens is 3. The van der Waals surface area contributed by atoms with Crippen LogP contribution >= 0.6 is 11.6 Å². The van der Waals surface area contributed by atoms with Crippen LogP contribution in [0.2, 0.25) is 0 Å². The summed E-state index contributed by atoms with van der Waals surface area (Å²) in [5, 5.41) is 0. The molecule has 2 aromatic rings. The standard InChI is InChI=1S/C17H17ClF2/c1-2-17(12-18,14-8-4-3-5-9-14)11-13-7-6-10-15(19)16(13)20/h3-10H,2,11-12H2,1H3. The van der Waals surface area contributed by atoms with Crippen LogP contribution in [-0.4, -0.2) is 5.88 Å². The molecule has 1 unspecified atom stereocenters. The summed E-state index contributed by atoms with van der Waals surface area (Å²) in [6.07, 6.45) is 1.15. The molecule has 0 radical (unpaired) electrons. The van der Waals surface area contributed by atoms with Crippen LogP contribution in [0.1, 0.15) is 24.5 Å². The van der Waals surface area contributed by atoms with Gasteiger partial charge in [-0.2, -0.15) is 0 Å². The molecular weight excluding hydrogens is 278 g/mol. The number of alkyl halides is 1. The van der Waals surface area contributed by atoms with Crippen molar-refractivity contribution in [1.29, 1.82) is 0 Å². The lowest BCUT2D eigenvalue weighted by Gasteiger charge is -2.31. The van der Waals surface area contributed by atoms with Crippen LogP contribution in [0.4, 0.5) is 8.78 Å². The summed E-state index contributed by atoms with van der Waals surface area (Å²) in [6, 6.07) is 14.1. The highest BCUT2D eigenvalue weighted by Crippen LogP contribution is 2.34. The molecule has 1 atom stereocenters. The van der Waals surface area contributed by atoms with E-state index in [1.54, 1.807) is 6.07 Å². The Balaban J connectivity index is 2.42. The van der Waals surface area contributed by atoms with E-state index >= 15 is 0 Å². The molecule has 2 rings (SSSR count). The van der Waals surface area contributed by atoms with Gasteiger partial charge in [-0.15, -0.1) is 11.6 Å². The van der Waals surface area contributed by atoms with Gasteiger partial charge in [0, 0.05) is 11.3 Å². The Hall–Kier alpha value is -1.41. The third-order valence-electron chi connectivity index (χ3n) is 3.88. The molecule has 20 heavy (non-hydrogen) atoms. The molecule has 0 amide bonds. The molecule has 0 heterocycles. The van der Waals surface area contributed by atoms with Crippen molar-refractivity contribution in [2.45, 2.75) is 25.2 Å². The second kappa shape index (κ2) is 6.36. The van der Waals surface area contributed by atoms with Crippen LogP contribution < -0.4 is 0 Å². The summed E-state index contributed by atoms with van der Waals surface area (Å²) < 4.78 is 27.3. The second-order valence-corrected chi connectivity index (χ2v) is 5.29. The van der Waals surface area contributed by atoms with Gasteiger partial charge in [0.15, 0.2) is 11.6 Å². The topological polar surface area (TPSA) is 0 Å². The van der Waals surface area contributed by atoms with Crippen molar-refractivity contribution in [1.82, 2.24) is 0 Å². The monoisotopic (exact) mass is 294 g/mol. The first-order chi connectivity index (χ1) is 9.63. The van der Waals surface area contributed by atoms with Crippen molar-refractivity contribution in [2.24, 2.45) is 0 Å². The van der Waals surface area contributed by atoms with Gasteiger partial charge in [0.1, 0.15) is 0 Å². The van der Waals surface area contributed by atoms with Crippen molar-refractivity contribution in [3.8, 4) is 0 Å². The fraction of sp³-hybridized carbons (Fsp3) is 0.294. The molecule has 106 valence electrons. The van der Waals surface area contributed by atoms with Crippen molar-refractivity contribution in [3.63, 3.8) is 0 Å². The van der Waals surface area contributed by atoms with Crippen molar-refractivity contribution < 1.29 is 8.78 Å². The summed E-state index contributed by atoms with van der Waals surface area (Å²) in [5.41, 5.74) is 1.05. The minimum atomic E-state index is -0.810. The first-order valence-electron chi connectivity index (χ1n) is 6.67. The Bertz CT molecular complexity index is 562. The summed E-state index contributed by atoms with van der Waals surface area (Å²) in [4.78, 5) is 0. The van der Waals surface area contributed by atoms with Crippen molar-refractivity contribution in [3.05, 3.63) is 71.3 Å². The minimum Gasteiger partial charge on any atom is -0.204 e. The van der Waals surface area contributed by atoms with Gasteiger partial charge in [-0.3, -0.25) is 0 Å². The van der Waals surface area contributed by atoms with Gasteiger partial charge in [0.05, 0.1) is 0 Å². The molecule has 0 aliphatic carbocycles. The zero-order valence-electron chi connectivity index (χ0n) is 11.4. The average Bonchev–Trinajstić information content (AvgIpc) is 2.50. The number of benzene rings is 2. The molecule has 0 saturated heterocycles. The third-order valence-corrected chi connectivity index (χ3v) is 4.39. The first kappa shape index (κ1) is 15.0. The van der Waals surface area contributed by atoms with Crippen LogP contribution in [-0.2, 0) is 11.8 Å². The van der Waals surface area contributed by atoms with E-state index in [4.69, 9.17) is 11.6 Å². The van der Waals surface area contributed by atoms with Gasteiger partial charge in [0.2, 0.25) is 0 Å². The minimum absolute atomic E-state index is 0.365. The molecule has 0 aliphatic heterocycles. The Morgan fingerprint density at radius 1 is 1.00 bits per heavy atom. The Kier molecular flexibility index (Phi) is 4.77. The molecular formula is C17H17ClF2. The summed E-state index contributed by atoms with van der Waals surface area (Å²) in [5.74, 6) is -1.22. The number of hydrogen-bond donors (Lipinski definition) is 0. The second-order valence-electron chi connectivity index (χ2n) is 5.02. The van der Waals surface area contributed by atoms with E-state index in [0.29, 0.717) is 17.9 Å². The zero-order chi connectivity index (χ0) is 14.6. The quantitative estimate of drug-likeness (QED) is 0.674. The van der Waals surface area contributed by atoms with Gasteiger partial charge < -0.3 is 0 Å². The maximum Gasteiger partial charge on any atom is 0.162 e. The number of rotatable bonds is 5. The summed E-state index contributed by atoms with van der Waals surface area (Å²) in [6.45, 7) is 2.02. The van der Waals surface area contributed by atoms with E-state index in [2.05, 4.69) is 0 Å². The van der Waals surface area contributed by atoms with Crippen LogP contribution in [0.25, 0.3) is 0 Å². The normalized spacial score (nSPS) is 14.0. The van der Waals surface area contributed by atoms with Crippen LogP contribution in [0.15, 0.2) is 48.5 Å². The molecule has 0 nitrogen and oxygen atoms in total. The Labute approximate surface area is 123 Å². The molecule has 0 aromatic heterocycles. The number of hydrogen-bond acceptors (Lipinski definition) is 0. The van der Waals surface area contributed by atoms with E-state index in [1.807, 2.05) is 37.3 Å². The largest absolute Gasteiger partial charge is 0.204 e. The Morgan fingerprint density at radius 3 is 2.30 bits per heavy atom. The molecule has 0 fully saturated rings. The fourth-order valence-corrected chi connectivity index (χ4v) is 2.93. The highest BCUT2D eigenvalue weighted by Gasteiger charge is 2.31. The lowest BCUT2D eigenvalue weighted by molar-refractivity contribution is 0.434. The zero-order valence-corrected chi connectivity index (χ0v) is 12.1. The van der Waals surface area contributed by atoms with Gasteiger partial charge in [-0.1, -0.05) is 49.4 Å². The van der Waals surface area contributed by atoms with Crippen molar-refractivity contribution >= 4 is 11.6 Å². The summed E-state index contributed by atoms with van der Waals surface area (Å²) in [7, 11) is 0. The highest BCUT2D eigenvalue weighted by atomic mass is 35.5. The molecule has 3 heteroatoms. The first-order valence-corrected chi connectivity index (χ1v) is 7.21. The Morgan fingerprint density at radius 2 is 1.70 bits per heavy atom. The van der Waals surface area contributed by atoms with E-state index in [0.717, 1.165) is 18.1 Å². The summed E-state index contributed by atoms with van der Waals surface area (Å²) >= 11 is 6.18. The van der Waals surface area contributed by atoms with Gasteiger partial charge in [-0.25, -0.2) is 8.78 Å². The molecule has 0 spiro atoms. The smallest absolute Gasteiger partial charge is 0.162 e. The van der Waals surface area contributed by atoms with E-state index in [9.17, 15) is 8.78 Å². The molecule has 0 N–H and O–H groups in total. The van der Waals surface area contributed by atoms with Crippen LogP contribution in [0, 0.1) is 11.6 Å². The fourth-order valence-electron chi connectivity index (χ4n) is 2.49. The maximum absolute atomic E-state index is 13.9. The molecule has 0 aliphatic rings. The highest BCUT2D eigenvalue weighted by molar-refractivity contribution is 6.18. The van der Waals surface area contributed by atoms with E-state index in [-0.39, 0.29) is 5.41 Å². The maximum atomic E-state index is 13.9. The van der Waals surface area contributed by atoms with Crippen LogP contribution in [0.3, 0.4) is 0 Å². The predicted octanol–water partition coefficient (Wildman–Crippen LogP) is 5.09. The third kappa shape index (κ3) is 2.85. The average molecular weight is 295 g/mol. The van der Waals surface area contributed by atoms with Gasteiger partial charge in [-0.05, 0) is 30.0 Å². The SMILES string of the molecule is CCC(CCl)(Cc1cccc(F)c1F)c1ccccc1. The molecule has 0 bridgehead atoms.